The van der Waals surface area contributed by atoms with E-state index in [0.29, 0.717) is 22.7 Å². The van der Waals surface area contributed by atoms with Crippen molar-refractivity contribution in [2.45, 2.75) is 6.92 Å². The van der Waals surface area contributed by atoms with Crippen LogP contribution in [0.2, 0.25) is 5.02 Å². The summed E-state index contributed by atoms with van der Waals surface area (Å²) in [6, 6.07) is 11.8. The van der Waals surface area contributed by atoms with Crippen LogP contribution in [0.1, 0.15) is 6.92 Å². The summed E-state index contributed by atoms with van der Waals surface area (Å²) in [5, 5.41) is 9.56. The van der Waals surface area contributed by atoms with E-state index in [1.54, 1.807) is 43.3 Å². The summed E-state index contributed by atoms with van der Waals surface area (Å²) in [5.74, 6) is 0.147. The minimum absolute atomic E-state index is 0.207. The Kier molecular flexibility index (Phi) is 7.78. The molecule has 1 aliphatic heterocycles. The second kappa shape index (κ2) is 11.0. The molecule has 0 amide bonds. The van der Waals surface area contributed by atoms with Crippen LogP contribution < -0.4 is 25.2 Å². The molecule has 9 nitrogen and oxygen atoms in total. The Morgan fingerprint density at radius 2 is 2.00 bits per heavy atom. The topological polar surface area (TPSA) is 108 Å². The Bertz CT molecular complexity index is 1180. The molecule has 2 aromatic carbocycles. The molecule has 1 unspecified atom stereocenters. The number of piperazine rings is 1. The van der Waals surface area contributed by atoms with Gasteiger partial charge in [-0.15, -0.1) is 0 Å². The maximum absolute atomic E-state index is 14.8. The number of anilines is 6. The highest BCUT2D eigenvalue weighted by molar-refractivity contribution is 7.80. The number of para-hydroxylation sites is 2. The molecule has 1 aliphatic rings. The van der Waals surface area contributed by atoms with E-state index in [4.69, 9.17) is 11.6 Å². The summed E-state index contributed by atoms with van der Waals surface area (Å²) in [7, 11) is 0. The van der Waals surface area contributed by atoms with Crippen LogP contribution >= 0.6 is 11.6 Å². The first-order chi connectivity index (χ1) is 16.5. The number of hydrogen-bond donors (Lipinski definition) is 3. The summed E-state index contributed by atoms with van der Waals surface area (Å²) in [5.41, 5.74) is 2.00. The van der Waals surface area contributed by atoms with Crippen molar-refractivity contribution in [2.75, 3.05) is 52.6 Å². The van der Waals surface area contributed by atoms with E-state index in [0.717, 1.165) is 26.2 Å². The zero-order valence-corrected chi connectivity index (χ0v) is 20.0. The summed E-state index contributed by atoms with van der Waals surface area (Å²) in [4.78, 5) is 10.6. The van der Waals surface area contributed by atoms with E-state index >= 15 is 0 Å². The molecule has 0 spiro atoms. The number of hydrogen-bond acceptors (Lipinski definition) is 8. The zero-order chi connectivity index (χ0) is 24.1. The Morgan fingerprint density at radius 3 is 2.71 bits per heavy atom. The van der Waals surface area contributed by atoms with Gasteiger partial charge in [-0.05, 0) is 37.3 Å². The van der Waals surface area contributed by atoms with E-state index in [1.165, 1.54) is 16.6 Å². The van der Waals surface area contributed by atoms with Crippen molar-refractivity contribution in [1.29, 1.82) is 0 Å². The number of benzene rings is 2. The van der Waals surface area contributed by atoms with Gasteiger partial charge >= 0.3 is 0 Å². The summed E-state index contributed by atoms with van der Waals surface area (Å²) >= 11 is 3.85. The lowest BCUT2D eigenvalue weighted by molar-refractivity contribution is 0.533. The van der Waals surface area contributed by atoms with Gasteiger partial charge in [0.1, 0.15) is 10.8 Å². The van der Waals surface area contributed by atoms with Gasteiger partial charge in [-0.3, -0.25) is 4.21 Å². The third-order valence-corrected chi connectivity index (χ3v) is 6.39. The van der Waals surface area contributed by atoms with Gasteiger partial charge in [-0.25, -0.2) is 9.37 Å². The van der Waals surface area contributed by atoms with Crippen LogP contribution in [0, 0.1) is 5.82 Å². The van der Waals surface area contributed by atoms with E-state index < -0.39 is 11.3 Å². The Labute approximate surface area is 204 Å². The van der Waals surface area contributed by atoms with Crippen LogP contribution in [-0.2, 0) is 11.3 Å². The van der Waals surface area contributed by atoms with Crippen molar-refractivity contribution >= 4 is 57.4 Å². The van der Waals surface area contributed by atoms with Crippen LogP contribution in [0.3, 0.4) is 0 Å². The van der Waals surface area contributed by atoms with Crippen LogP contribution in [0.15, 0.2) is 48.7 Å². The Balaban J connectivity index is 1.55. The first-order valence-corrected chi connectivity index (χ1v) is 12.1. The predicted octanol–water partition coefficient (Wildman–Crippen LogP) is 3.79. The van der Waals surface area contributed by atoms with Gasteiger partial charge in [0.15, 0.2) is 5.82 Å². The third-order valence-electron chi connectivity index (χ3n) is 5.30. The molecule has 0 radical (unpaired) electrons. The van der Waals surface area contributed by atoms with E-state index in [1.807, 2.05) is 4.90 Å². The maximum Gasteiger partial charge on any atom is 0.229 e. The lowest BCUT2D eigenvalue weighted by Crippen LogP contribution is -2.43. The van der Waals surface area contributed by atoms with Gasteiger partial charge < -0.3 is 29.7 Å². The largest absolute Gasteiger partial charge is 0.755 e. The molecule has 1 fully saturated rings. The van der Waals surface area contributed by atoms with Crippen molar-refractivity contribution in [3.8, 4) is 0 Å². The molecule has 0 bridgehead atoms. The molecule has 3 N–H and O–H groups in total. The monoisotopic (exact) mass is 504 g/mol. The van der Waals surface area contributed by atoms with E-state index in [-0.39, 0.29) is 29.2 Å². The number of nitrogens with one attached hydrogen (secondary N) is 3. The first-order valence-electron chi connectivity index (χ1n) is 10.7. The molecule has 4 rings (SSSR count). The average molecular weight is 505 g/mol. The van der Waals surface area contributed by atoms with Gasteiger partial charge in [0.05, 0.1) is 23.3 Å². The number of aromatic nitrogens is 2. The molecule has 0 aliphatic carbocycles. The fourth-order valence-electron chi connectivity index (χ4n) is 3.67. The molecule has 34 heavy (non-hydrogen) atoms. The van der Waals surface area contributed by atoms with Crippen LogP contribution in [-0.4, -0.2) is 51.5 Å². The molecule has 180 valence electrons. The normalized spacial score (nSPS) is 14.5. The highest BCUT2D eigenvalue weighted by atomic mass is 35.5. The van der Waals surface area contributed by atoms with Gasteiger partial charge in [-0.2, -0.15) is 4.98 Å². The predicted molar refractivity (Wildman–Crippen MR) is 133 cm³/mol. The average Bonchev–Trinajstić information content (AvgIpc) is 2.83. The minimum Gasteiger partial charge on any atom is -0.755 e. The Morgan fingerprint density at radius 1 is 1.24 bits per heavy atom. The summed E-state index contributed by atoms with van der Waals surface area (Å²) in [6.45, 7) is 5.12. The number of halogens is 2. The standard InChI is InChI=1S/C22H25ClFN7O2S/c1-2-31(34(32)33)20-6-4-3-5-18(20)28-21-16(23)14-26-22(29-21)27-15-7-8-19(17(24)13-15)30-11-9-25-10-12-30/h3-8,13-14,25H,2,9-12H2,1H3,(H,32,33)(H2,26,27,28,29)/p-1. The highest BCUT2D eigenvalue weighted by Crippen LogP contribution is 2.32. The molecule has 0 saturated carbocycles. The van der Waals surface area contributed by atoms with Crippen LogP contribution in [0.5, 0.6) is 0 Å². The van der Waals surface area contributed by atoms with Crippen molar-refractivity contribution in [3.63, 3.8) is 0 Å². The van der Waals surface area contributed by atoms with Gasteiger partial charge in [0.25, 0.3) is 0 Å². The first kappa shape index (κ1) is 24.1. The van der Waals surface area contributed by atoms with Crippen LogP contribution in [0.25, 0.3) is 0 Å². The quantitative estimate of drug-likeness (QED) is 0.398. The number of rotatable bonds is 8. The van der Waals surface area contributed by atoms with Gasteiger partial charge in [-0.1, -0.05) is 23.7 Å². The summed E-state index contributed by atoms with van der Waals surface area (Å²) < 4.78 is 39.2. The third kappa shape index (κ3) is 5.55. The molecular formula is C22H24ClFN7O2S-. The second-order valence-electron chi connectivity index (χ2n) is 7.47. The zero-order valence-electron chi connectivity index (χ0n) is 18.4. The molecule has 1 aromatic heterocycles. The minimum atomic E-state index is -2.44. The van der Waals surface area contributed by atoms with Crippen LogP contribution in [0.4, 0.5) is 38.9 Å². The molecule has 1 saturated heterocycles. The highest BCUT2D eigenvalue weighted by Gasteiger charge is 2.16. The fraction of sp³-hybridized carbons (Fsp3) is 0.273. The molecule has 2 heterocycles. The summed E-state index contributed by atoms with van der Waals surface area (Å²) in [6.07, 6.45) is 1.41. The van der Waals surface area contributed by atoms with Gasteiger partial charge in [0, 0.05) is 49.7 Å². The van der Waals surface area contributed by atoms with Crippen molar-refractivity contribution < 1.29 is 13.2 Å². The van der Waals surface area contributed by atoms with Crippen molar-refractivity contribution in [1.82, 2.24) is 15.3 Å². The smallest absolute Gasteiger partial charge is 0.229 e. The molecule has 12 heteroatoms. The maximum atomic E-state index is 14.8. The number of nitrogens with zero attached hydrogens (tertiary/aromatic N) is 4. The lowest BCUT2D eigenvalue weighted by Gasteiger charge is -2.29. The van der Waals surface area contributed by atoms with Crippen molar-refractivity contribution in [3.05, 3.63) is 59.5 Å². The molecule has 1 atom stereocenters. The molecular weight excluding hydrogens is 481 g/mol. The van der Waals surface area contributed by atoms with Gasteiger partial charge in [0.2, 0.25) is 5.95 Å². The van der Waals surface area contributed by atoms with Crippen molar-refractivity contribution in [2.24, 2.45) is 0 Å². The SMILES string of the molecule is CCN(c1ccccc1Nc1nc(Nc2ccc(N3CCNCC3)c(F)c2)ncc1Cl)S(=O)[O-]. The van der Waals surface area contributed by atoms with E-state index in [9.17, 15) is 13.2 Å². The fourth-order valence-corrected chi connectivity index (χ4v) is 4.34. The lowest BCUT2D eigenvalue weighted by atomic mass is 10.2. The Hall–Kier alpha value is -2.99. The molecule has 3 aromatic rings. The van der Waals surface area contributed by atoms with E-state index in [2.05, 4.69) is 25.9 Å². The second-order valence-corrected chi connectivity index (χ2v) is 8.75.